The number of hydrogen-bond donors (Lipinski definition) is 1. The highest BCUT2D eigenvalue weighted by atomic mass is 16.5. The lowest BCUT2D eigenvalue weighted by atomic mass is 10.1. The van der Waals surface area contributed by atoms with E-state index < -0.39 is 5.97 Å². The molecule has 0 aliphatic rings. The lowest BCUT2D eigenvalue weighted by Gasteiger charge is -1.99. The zero-order valence-corrected chi connectivity index (χ0v) is 14.5. The van der Waals surface area contributed by atoms with Gasteiger partial charge in [-0.3, -0.25) is 14.6 Å². The first-order chi connectivity index (χ1) is 10.6. The molecule has 0 rings (SSSR count). The van der Waals surface area contributed by atoms with E-state index in [0.29, 0.717) is 6.42 Å². The van der Waals surface area contributed by atoms with Gasteiger partial charge in [-0.05, 0) is 6.42 Å². The number of carboxylic acid groups (broad SMARTS) is 1. The fourth-order valence-electron chi connectivity index (χ4n) is 1.65. The fourth-order valence-corrected chi connectivity index (χ4v) is 1.65. The molecule has 0 aliphatic carbocycles. The second-order valence-electron chi connectivity index (χ2n) is 5.09. The molecule has 0 spiro atoms. The predicted octanol–water partition coefficient (Wildman–Crippen LogP) is 4.24. The normalized spacial score (nSPS) is 10.1. The summed E-state index contributed by atoms with van der Waals surface area (Å²) in [5.41, 5.74) is 0. The van der Waals surface area contributed by atoms with Gasteiger partial charge in [0.25, 0.3) is 0 Å². The van der Waals surface area contributed by atoms with Gasteiger partial charge in [0.05, 0.1) is 13.5 Å². The van der Waals surface area contributed by atoms with E-state index in [9.17, 15) is 9.59 Å². The van der Waals surface area contributed by atoms with E-state index in [4.69, 9.17) is 5.11 Å². The summed E-state index contributed by atoms with van der Waals surface area (Å²) in [5, 5.41) is 7.72. The average Bonchev–Trinajstić information content (AvgIpc) is 2.52. The number of carbonyl (C=O) groups is 2. The van der Waals surface area contributed by atoms with Crippen LogP contribution in [0.15, 0.2) is 4.99 Å². The first kappa shape index (κ1) is 22.9. The molecule has 0 atom stereocenters. The highest BCUT2D eigenvalue weighted by molar-refractivity contribution is 5.85. The lowest BCUT2D eigenvalue weighted by molar-refractivity contribution is -0.139. The van der Waals surface area contributed by atoms with Crippen LogP contribution in [0.25, 0.3) is 0 Å². The summed E-state index contributed by atoms with van der Waals surface area (Å²) in [5.74, 6) is -0.963. The van der Waals surface area contributed by atoms with Gasteiger partial charge >= 0.3 is 11.9 Å². The van der Waals surface area contributed by atoms with Crippen LogP contribution < -0.4 is 0 Å². The number of nitrogens with zero attached hydrogens (tertiary/aromatic N) is 1. The Morgan fingerprint density at radius 2 is 1.50 bits per heavy atom. The van der Waals surface area contributed by atoms with Crippen LogP contribution in [0.4, 0.5) is 0 Å². The van der Waals surface area contributed by atoms with Crippen molar-refractivity contribution in [2.75, 3.05) is 13.7 Å². The standard InChI is InChI=1S/C14H27NO2.C3H6O2/c1-3-4-5-6-7-8-9-10-12-15-13-11-14(16)17-2;1-2-3(4)5/h13H,3-12H2,1-2H3;2H2,1H3,(H,4,5). The summed E-state index contributed by atoms with van der Waals surface area (Å²) in [7, 11) is 1.40. The molecule has 0 amide bonds. The summed E-state index contributed by atoms with van der Waals surface area (Å²) in [6, 6.07) is 0. The minimum absolute atomic E-state index is 0.218. The van der Waals surface area contributed by atoms with Crippen LogP contribution in [0.2, 0.25) is 0 Å². The van der Waals surface area contributed by atoms with Crippen molar-refractivity contribution in [3.63, 3.8) is 0 Å². The van der Waals surface area contributed by atoms with E-state index in [2.05, 4.69) is 16.7 Å². The average molecular weight is 315 g/mol. The van der Waals surface area contributed by atoms with Crippen LogP contribution in [0, 0.1) is 0 Å². The highest BCUT2D eigenvalue weighted by Gasteiger charge is 1.94. The Labute approximate surface area is 135 Å². The largest absolute Gasteiger partial charge is 0.481 e. The molecular weight excluding hydrogens is 282 g/mol. The molecule has 0 aromatic rings. The first-order valence-corrected chi connectivity index (χ1v) is 8.35. The second-order valence-corrected chi connectivity index (χ2v) is 5.09. The topological polar surface area (TPSA) is 76.0 Å². The van der Waals surface area contributed by atoms with E-state index >= 15 is 0 Å². The maximum atomic E-state index is 10.8. The third-order valence-corrected chi connectivity index (χ3v) is 3.06. The number of ether oxygens (including phenoxy) is 1. The van der Waals surface area contributed by atoms with Gasteiger partial charge in [-0.1, -0.05) is 58.8 Å². The van der Waals surface area contributed by atoms with E-state index in [0.717, 1.165) is 13.0 Å². The first-order valence-electron chi connectivity index (χ1n) is 8.35. The zero-order valence-electron chi connectivity index (χ0n) is 14.5. The van der Waals surface area contributed by atoms with Crippen LogP contribution in [0.3, 0.4) is 0 Å². The number of rotatable bonds is 12. The molecular formula is C17H33NO4. The van der Waals surface area contributed by atoms with E-state index in [1.54, 1.807) is 13.1 Å². The number of aliphatic carboxylic acids is 1. The van der Waals surface area contributed by atoms with E-state index in [-0.39, 0.29) is 12.4 Å². The fraction of sp³-hybridized carbons (Fsp3) is 0.824. The molecule has 0 saturated heterocycles. The monoisotopic (exact) mass is 315 g/mol. The van der Waals surface area contributed by atoms with Gasteiger partial charge in [0.1, 0.15) is 0 Å². The van der Waals surface area contributed by atoms with Crippen molar-refractivity contribution in [1.29, 1.82) is 0 Å². The summed E-state index contributed by atoms with van der Waals surface area (Å²) >= 11 is 0. The predicted molar refractivity (Wildman–Crippen MR) is 90.5 cm³/mol. The third-order valence-electron chi connectivity index (χ3n) is 3.06. The van der Waals surface area contributed by atoms with Crippen molar-refractivity contribution in [3.05, 3.63) is 0 Å². The molecule has 0 heterocycles. The quantitative estimate of drug-likeness (QED) is 0.332. The number of esters is 1. The van der Waals surface area contributed by atoms with Crippen molar-refractivity contribution in [2.45, 2.75) is 78.1 Å². The van der Waals surface area contributed by atoms with Gasteiger partial charge < -0.3 is 9.84 Å². The number of unbranched alkanes of at least 4 members (excludes halogenated alkanes) is 7. The Kier molecular flexibility index (Phi) is 20.4. The van der Waals surface area contributed by atoms with Crippen LogP contribution in [-0.2, 0) is 14.3 Å². The summed E-state index contributed by atoms with van der Waals surface area (Å²) in [6.45, 7) is 4.68. The Balaban J connectivity index is 0. The minimum Gasteiger partial charge on any atom is -0.481 e. The van der Waals surface area contributed by atoms with Crippen LogP contribution in [-0.4, -0.2) is 36.9 Å². The van der Waals surface area contributed by atoms with Crippen molar-refractivity contribution < 1.29 is 19.4 Å². The van der Waals surface area contributed by atoms with Crippen LogP contribution >= 0.6 is 0 Å². The molecule has 22 heavy (non-hydrogen) atoms. The summed E-state index contributed by atoms with van der Waals surface area (Å²) in [4.78, 5) is 24.3. The van der Waals surface area contributed by atoms with Gasteiger partial charge in [0.15, 0.2) is 0 Å². The zero-order chi connectivity index (χ0) is 17.1. The number of hydrogen-bond acceptors (Lipinski definition) is 4. The van der Waals surface area contributed by atoms with Crippen molar-refractivity contribution in [3.8, 4) is 0 Å². The Bertz CT molecular complexity index is 290. The number of carboxylic acids is 1. The maximum absolute atomic E-state index is 10.8. The molecule has 0 aromatic heterocycles. The van der Waals surface area contributed by atoms with Gasteiger partial charge in [-0.25, -0.2) is 0 Å². The summed E-state index contributed by atoms with van der Waals surface area (Å²) < 4.78 is 4.51. The number of aliphatic imine (C=N–C) groups is 1. The van der Waals surface area contributed by atoms with E-state index in [1.807, 2.05) is 0 Å². The molecule has 0 fully saturated rings. The molecule has 0 radical (unpaired) electrons. The van der Waals surface area contributed by atoms with Gasteiger partial charge in [0, 0.05) is 19.2 Å². The Morgan fingerprint density at radius 3 is 1.95 bits per heavy atom. The molecule has 1 N–H and O–H groups in total. The van der Waals surface area contributed by atoms with E-state index in [1.165, 1.54) is 52.1 Å². The van der Waals surface area contributed by atoms with Gasteiger partial charge in [-0.2, -0.15) is 0 Å². The maximum Gasteiger partial charge on any atom is 0.310 e. The molecule has 5 nitrogen and oxygen atoms in total. The smallest absolute Gasteiger partial charge is 0.310 e. The Morgan fingerprint density at radius 1 is 1.00 bits per heavy atom. The number of methoxy groups -OCH3 is 1. The molecule has 0 saturated carbocycles. The second kappa shape index (κ2) is 19.6. The SMILES string of the molecule is CCC(=O)O.CCCCCCCCCCN=CCC(=O)OC. The van der Waals surface area contributed by atoms with Gasteiger partial charge in [0.2, 0.25) is 0 Å². The molecule has 0 aliphatic heterocycles. The van der Waals surface area contributed by atoms with Crippen molar-refractivity contribution >= 4 is 18.2 Å². The van der Waals surface area contributed by atoms with Crippen molar-refractivity contribution in [1.82, 2.24) is 0 Å². The molecule has 0 aromatic carbocycles. The van der Waals surface area contributed by atoms with Crippen LogP contribution in [0.5, 0.6) is 0 Å². The van der Waals surface area contributed by atoms with Gasteiger partial charge in [-0.15, -0.1) is 0 Å². The third kappa shape index (κ3) is 23.7. The highest BCUT2D eigenvalue weighted by Crippen LogP contribution is 2.08. The number of carbonyl (C=O) groups excluding carboxylic acids is 1. The Hall–Kier alpha value is -1.39. The molecule has 0 unspecified atom stereocenters. The van der Waals surface area contributed by atoms with Crippen molar-refractivity contribution in [2.24, 2.45) is 4.99 Å². The minimum atomic E-state index is -0.745. The summed E-state index contributed by atoms with van der Waals surface area (Å²) in [6.07, 6.45) is 12.7. The molecule has 5 heteroatoms. The van der Waals surface area contributed by atoms with Crippen LogP contribution in [0.1, 0.15) is 78.1 Å². The lowest BCUT2D eigenvalue weighted by Crippen LogP contribution is -2.00. The molecule has 0 bridgehead atoms. The molecule has 130 valence electrons.